The Bertz CT molecular complexity index is 962. The fraction of sp³-hybridized carbons (Fsp3) is 0.476. The third-order valence-electron chi connectivity index (χ3n) is 4.50. The summed E-state index contributed by atoms with van der Waals surface area (Å²) in [5.41, 5.74) is 6.28. The summed E-state index contributed by atoms with van der Waals surface area (Å²) in [6, 6.07) is 7.06. The molecule has 2 aromatic rings. The van der Waals surface area contributed by atoms with E-state index in [0.717, 1.165) is 12.0 Å². The molecule has 0 radical (unpaired) electrons. The maximum absolute atomic E-state index is 13.3. The summed E-state index contributed by atoms with van der Waals surface area (Å²) >= 11 is 0. The van der Waals surface area contributed by atoms with Crippen molar-refractivity contribution in [2.75, 3.05) is 24.3 Å². The van der Waals surface area contributed by atoms with E-state index in [4.69, 9.17) is 10.5 Å². The number of nitrogens with zero attached hydrogens (tertiary/aromatic N) is 2. The van der Waals surface area contributed by atoms with Gasteiger partial charge in [0.05, 0.1) is 6.61 Å². The van der Waals surface area contributed by atoms with Crippen molar-refractivity contribution in [1.29, 1.82) is 0 Å². The predicted octanol–water partition coefficient (Wildman–Crippen LogP) is 2.37. The largest absolute Gasteiger partial charge is 0.383 e. The Morgan fingerprint density at radius 2 is 2.03 bits per heavy atom. The molecule has 0 spiro atoms. The van der Waals surface area contributed by atoms with Gasteiger partial charge < -0.3 is 15.4 Å². The van der Waals surface area contributed by atoms with Crippen molar-refractivity contribution in [3.63, 3.8) is 0 Å². The monoisotopic (exact) mass is 402 g/mol. The second-order valence-corrected chi connectivity index (χ2v) is 7.44. The minimum absolute atomic E-state index is 0.00458. The lowest BCUT2D eigenvalue weighted by Crippen LogP contribution is -2.42. The number of amides is 1. The fourth-order valence-electron chi connectivity index (χ4n) is 3.13. The zero-order chi connectivity index (χ0) is 21.6. The molecular weight excluding hydrogens is 372 g/mol. The Labute approximate surface area is 170 Å². The van der Waals surface area contributed by atoms with Gasteiger partial charge in [0.25, 0.3) is 11.5 Å². The third-order valence-corrected chi connectivity index (χ3v) is 4.50. The molecule has 0 atom stereocenters. The molecule has 0 saturated heterocycles. The molecule has 0 aliphatic carbocycles. The van der Waals surface area contributed by atoms with Crippen molar-refractivity contribution < 1.29 is 9.53 Å². The summed E-state index contributed by atoms with van der Waals surface area (Å²) in [5, 5.41) is 0. The summed E-state index contributed by atoms with van der Waals surface area (Å²) < 4.78 is 6.45. The topological polar surface area (TPSA) is 110 Å². The molecule has 1 heterocycles. The van der Waals surface area contributed by atoms with Crippen LogP contribution in [0.5, 0.6) is 0 Å². The number of nitrogens with one attached hydrogen (secondary N) is 1. The van der Waals surface area contributed by atoms with Gasteiger partial charge in [0.2, 0.25) is 0 Å². The molecule has 0 unspecified atom stereocenters. The van der Waals surface area contributed by atoms with Crippen LogP contribution >= 0.6 is 0 Å². The third kappa shape index (κ3) is 5.35. The van der Waals surface area contributed by atoms with Gasteiger partial charge in [0.15, 0.2) is 5.69 Å². The van der Waals surface area contributed by atoms with E-state index in [-0.39, 0.29) is 23.3 Å². The van der Waals surface area contributed by atoms with E-state index in [1.54, 1.807) is 25.3 Å². The summed E-state index contributed by atoms with van der Waals surface area (Å²) in [7, 11) is 1.58. The summed E-state index contributed by atoms with van der Waals surface area (Å²) in [6.45, 7) is 6.91. The average Bonchev–Trinajstić information content (AvgIpc) is 2.67. The number of carbonyl (C=O) groups excluding carboxylic acids is 1. The van der Waals surface area contributed by atoms with Crippen molar-refractivity contribution in [3.8, 4) is 0 Å². The molecule has 2 rings (SSSR count). The molecule has 1 amide bonds. The second kappa shape index (κ2) is 10.1. The number of benzene rings is 1. The van der Waals surface area contributed by atoms with Gasteiger partial charge in [-0.25, -0.2) is 4.79 Å². The Balaban J connectivity index is 2.58. The Morgan fingerprint density at radius 1 is 1.31 bits per heavy atom. The van der Waals surface area contributed by atoms with Gasteiger partial charge in [-0.3, -0.25) is 19.1 Å². The van der Waals surface area contributed by atoms with Crippen LogP contribution in [0.4, 0.5) is 11.5 Å². The number of rotatable bonds is 9. The van der Waals surface area contributed by atoms with E-state index >= 15 is 0 Å². The molecule has 3 N–H and O–H groups in total. The van der Waals surface area contributed by atoms with Gasteiger partial charge in [0.1, 0.15) is 5.82 Å². The Morgan fingerprint density at radius 3 is 2.66 bits per heavy atom. The Kier molecular flexibility index (Phi) is 7.78. The molecule has 8 heteroatoms. The van der Waals surface area contributed by atoms with Crippen LogP contribution in [0.1, 0.15) is 49.5 Å². The standard InChI is InChI=1S/C21H30N4O4/c1-5-6-10-24(20(27)16-9-7-8-15(11-16)13-29-4)17-18(22)25(12-14(2)3)21(28)23-19(17)26/h7-9,11,14H,5-6,10,12-13,22H2,1-4H3,(H,23,26,28). The molecule has 0 aliphatic heterocycles. The zero-order valence-corrected chi connectivity index (χ0v) is 17.5. The van der Waals surface area contributed by atoms with Gasteiger partial charge in [-0.1, -0.05) is 39.3 Å². The van der Waals surface area contributed by atoms with E-state index in [1.165, 1.54) is 9.47 Å². The molecule has 29 heavy (non-hydrogen) atoms. The van der Waals surface area contributed by atoms with Gasteiger partial charge in [-0.15, -0.1) is 0 Å². The molecule has 0 aliphatic rings. The number of H-pyrrole nitrogens is 1. The van der Waals surface area contributed by atoms with Crippen LogP contribution in [-0.4, -0.2) is 29.1 Å². The first-order valence-corrected chi connectivity index (χ1v) is 9.82. The first kappa shape index (κ1) is 22.4. The second-order valence-electron chi connectivity index (χ2n) is 7.44. The summed E-state index contributed by atoms with van der Waals surface area (Å²) in [6.07, 6.45) is 1.52. The highest BCUT2D eigenvalue weighted by Crippen LogP contribution is 2.21. The number of nitrogens with two attached hydrogens (primary N) is 1. The van der Waals surface area contributed by atoms with E-state index in [9.17, 15) is 14.4 Å². The number of hydrogen-bond acceptors (Lipinski definition) is 5. The van der Waals surface area contributed by atoms with Crippen LogP contribution in [0.3, 0.4) is 0 Å². The quantitative estimate of drug-likeness (QED) is 0.669. The number of carbonyl (C=O) groups is 1. The lowest BCUT2D eigenvalue weighted by molar-refractivity contribution is 0.0986. The minimum atomic E-state index is -0.662. The minimum Gasteiger partial charge on any atom is -0.383 e. The smallest absolute Gasteiger partial charge is 0.330 e. The molecule has 158 valence electrons. The highest BCUT2D eigenvalue weighted by molar-refractivity contribution is 6.07. The van der Waals surface area contributed by atoms with Crippen molar-refractivity contribution >= 4 is 17.4 Å². The van der Waals surface area contributed by atoms with Crippen molar-refractivity contribution in [3.05, 3.63) is 56.2 Å². The van der Waals surface area contributed by atoms with Gasteiger partial charge in [-0.05, 0) is 30.0 Å². The molecule has 0 saturated carbocycles. The van der Waals surface area contributed by atoms with Gasteiger partial charge in [-0.2, -0.15) is 0 Å². The normalized spacial score (nSPS) is 11.1. The van der Waals surface area contributed by atoms with Crippen molar-refractivity contribution in [1.82, 2.24) is 9.55 Å². The lowest BCUT2D eigenvalue weighted by Gasteiger charge is -2.25. The van der Waals surface area contributed by atoms with Gasteiger partial charge in [0, 0.05) is 25.8 Å². The highest BCUT2D eigenvalue weighted by Gasteiger charge is 2.25. The zero-order valence-electron chi connectivity index (χ0n) is 17.5. The van der Waals surface area contributed by atoms with Crippen molar-refractivity contribution in [2.45, 2.75) is 46.8 Å². The van der Waals surface area contributed by atoms with Crippen LogP contribution in [0, 0.1) is 5.92 Å². The molecule has 0 fully saturated rings. The predicted molar refractivity (Wildman–Crippen MR) is 114 cm³/mol. The van der Waals surface area contributed by atoms with Crippen LogP contribution in [0.15, 0.2) is 33.9 Å². The van der Waals surface area contributed by atoms with Crippen molar-refractivity contribution in [2.24, 2.45) is 5.92 Å². The number of anilines is 2. The van der Waals surface area contributed by atoms with Crippen LogP contribution in [0.25, 0.3) is 0 Å². The molecule has 1 aromatic heterocycles. The highest BCUT2D eigenvalue weighted by atomic mass is 16.5. The lowest BCUT2D eigenvalue weighted by atomic mass is 10.1. The molecular formula is C21H30N4O4. The number of methoxy groups -OCH3 is 1. The maximum Gasteiger partial charge on any atom is 0.330 e. The van der Waals surface area contributed by atoms with E-state index in [1.807, 2.05) is 26.8 Å². The van der Waals surface area contributed by atoms with Gasteiger partial charge >= 0.3 is 5.69 Å². The van der Waals surface area contributed by atoms with E-state index in [0.29, 0.717) is 31.7 Å². The molecule has 8 nitrogen and oxygen atoms in total. The SMILES string of the molecule is CCCCN(C(=O)c1cccc(COC)c1)c1c(N)n(CC(C)C)c(=O)[nH]c1=O. The summed E-state index contributed by atoms with van der Waals surface area (Å²) in [4.78, 5) is 41.9. The van der Waals surface area contributed by atoms with E-state index in [2.05, 4.69) is 4.98 Å². The number of unbranched alkanes of at least 4 members (excludes halogenated alkanes) is 1. The number of ether oxygens (including phenoxy) is 1. The van der Waals surface area contributed by atoms with Crippen LogP contribution in [-0.2, 0) is 17.9 Å². The fourth-order valence-corrected chi connectivity index (χ4v) is 3.13. The number of hydrogen-bond donors (Lipinski definition) is 2. The van der Waals surface area contributed by atoms with Crippen LogP contribution < -0.4 is 21.9 Å². The summed E-state index contributed by atoms with van der Waals surface area (Å²) in [5.74, 6) is -0.201. The van der Waals surface area contributed by atoms with E-state index < -0.39 is 11.2 Å². The number of aromatic nitrogens is 2. The molecule has 1 aromatic carbocycles. The first-order chi connectivity index (χ1) is 13.8. The number of nitrogen functional groups attached to an aromatic ring is 1. The first-order valence-electron chi connectivity index (χ1n) is 9.82. The van der Waals surface area contributed by atoms with Crippen LogP contribution in [0.2, 0.25) is 0 Å². The number of aromatic amines is 1. The average molecular weight is 402 g/mol. The molecule has 0 bridgehead atoms. The Hall–Kier alpha value is -2.87. The maximum atomic E-state index is 13.3.